The minimum absolute atomic E-state index is 0.0136. The van der Waals surface area contributed by atoms with Crippen molar-refractivity contribution in [3.63, 3.8) is 0 Å². The van der Waals surface area contributed by atoms with Crippen molar-refractivity contribution in [3.05, 3.63) is 75.4 Å². The van der Waals surface area contributed by atoms with Crippen molar-refractivity contribution in [2.45, 2.75) is 0 Å². The topological polar surface area (TPSA) is 103 Å². The monoisotopic (exact) mass is 455 g/mol. The molecular weight excluding hydrogens is 434 g/mol. The van der Waals surface area contributed by atoms with E-state index in [1.807, 2.05) is 6.07 Å². The molecule has 0 radical (unpaired) electrons. The van der Waals surface area contributed by atoms with Crippen molar-refractivity contribution < 1.29 is 14.5 Å². The number of rotatable bonds is 7. The zero-order valence-corrected chi connectivity index (χ0v) is 18.0. The number of nitro benzene ring substituents is 1. The first-order valence-electron chi connectivity index (χ1n) is 10.2. The maximum atomic E-state index is 13.0. The van der Waals surface area contributed by atoms with E-state index in [1.54, 1.807) is 36.4 Å². The molecule has 0 bridgehead atoms. The van der Waals surface area contributed by atoms with Gasteiger partial charge in [0.25, 0.3) is 11.6 Å². The van der Waals surface area contributed by atoms with E-state index in [4.69, 9.17) is 16.3 Å². The lowest BCUT2D eigenvalue weighted by atomic mass is 10.1. The summed E-state index contributed by atoms with van der Waals surface area (Å²) < 4.78 is 6.85. The summed E-state index contributed by atoms with van der Waals surface area (Å²) in [5.74, 6) is -0.279. The number of carbonyl (C=O) groups is 1. The van der Waals surface area contributed by atoms with Gasteiger partial charge in [0.2, 0.25) is 0 Å². The number of amides is 1. The number of ether oxygens (including phenoxy) is 1. The first-order valence-corrected chi connectivity index (χ1v) is 10.6. The molecule has 1 aliphatic heterocycles. The number of nitrogens with zero attached hydrogens (tertiary/aromatic N) is 4. The van der Waals surface area contributed by atoms with Crippen LogP contribution < -0.4 is 5.32 Å². The number of nitrogens with one attached hydrogen (secondary N) is 1. The molecule has 9 nitrogen and oxygen atoms in total. The Hall–Kier alpha value is -3.27. The number of carbonyl (C=O) groups excluding carboxylic acids is 1. The Kier molecular flexibility index (Phi) is 6.79. The fraction of sp³-hybridized carbons (Fsp3) is 0.273. The molecule has 2 aromatic carbocycles. The highest BCUT2D eigenvalue weighted by Crippen LogP contribution is 2.26. The number of hydrogen-bond donors (Lipinski definition) is 1. The van der Waals surface area contributed by atoms with Crippen molar-refractivity contribution in [2.75, 3.05) is 39.4 Å². The average molecular weight is 456 g/mol. The highest BCUT2D eigenvalue weighted by atomic mass is 35.5. The number of benzene rings is 2. The van der Waals surface area contributed by atoms with E-state index < -0.39 is 4.92 Å². The van der Waals surface area contributed by atoms with Crippen LogP contribution in [0.25, 0.3) is 16.9 Å². The van der Waals surface area contributed by atoms with E-state index in [2.05, 4.69) is 15.3 Å². The van der Waals surface area contributed by atoms with Crippen LogP contribution in [0.2, 0.25) is 5.02 Å². The number of non-ortho nitro benzene ring substituents is 1. The van der Waals surface area contributed by atoms with Gasteiger partial charge in [0.05, 0.1) is 34.5 Å². The van der Waals surface area contributed by atoms with E-state index in [0.29, 0.717) is 47.4 Å². The van der Waals surface area contributed by atoms with Crippen LogP contribution in [0.15, 0.2) is 54.6 Å². The molecular formula is C22H22ClN5O4. The molecule has 1 N–H and O–H groups in total. The first kappa shape index (κ1) is 21.9. The van der Waals surface area contributed by atoms with Gasteiger partial charge in [-0.2, -0.15) is 5.10 Å². The summed E-state index contributed by atoms with van der Waals surface area (Å²) in [4.78, 5) is 25.7. The molecule has 1 aromatic heterocycles. The van der Waals surface area contributed by atoms with Crippen LogP contribution in [-0.4, -0.2) is 64.9 Å². The Morgan fingerprint density at radius 1 is 1.16 bits per heavy atom. The zero-order valence-electron chi connectivity index (χ0n) is 17.2. The van der Waals surface area contributed by atoms with Crippen LogP contribution in [0.3, 0.4) is 0 Å². The van der Waals surface area contributed by atoms with Crippen LogP contribution in [0, 0.1) is 10.1 Å². The molecule has 2 heterocycles. The average Bonchev–Trinajstić information content (AvgIpc) is 3.25. The van der Waals surface area contributed by atoms with Gasteiger partial charge in [-0.3, -0.25) is 19.8 Å². The van der Waals surface area contributed by atoms with E-state index in [1.165, 1.54) is 16.8 Å². The molecule has 1 fully saturated rings. The maximum absolute atomic E-state index is 13.0. The van der Waals surface area contributed by atoms with Crippen LogP contribution in [-0.2, 0) is 4.74 Å². The number of para-hydroxylation sites is 1. The predicted octanol–water partition coefficient (Wildman–Crippen LogP) is 3.16. The number of halogens is 1. The summed E-state index contributed by atoms with van der Waals surface area (Å²) in [5, 5.41) is 18.9. The summed E-state index contributed by atoms with van der Waals surface area (Å²) in [7, 11) is 0. The van der Waals surface area contributed by atoms with Crippen LogP contribution >= 0.6 is 11.6 Å². The van der Waals surface area contributed by atoms with Crippen molar-refractivity contribution >= 4 is 23.2 Å². The molecule has 0 spiro atoms. The van der Waals surface area contributed by atoms with E-state index >= 15 is 0 Å². The molecule has 0 unspecified atom stereocenters. The molecule has 32 heavy (non-hydrogen) atoms. The lowest BCUT2D eigenvalue weighted by molar-refractivity contribution is -0.384. The maximum Gasteiger partial charge on any atom is 0.270 e. The normalized spacial score (nSPS) is 14.3. The second kappa shape index (κ2) is 9.90. The smallest absolute Gasteiger partial charge is 0.270 e. The third-order valence-electron chi connectivity index (χ3n) is 5.21. The van der Waals surface area contributed by atoms with E-state index in [0.717, 1.165) is 19.6 Å². The summed E-state index contributed by atoms with van der Waals surface area (Å²) in [6, 6.07) is 14.8. The Morgan fingerprint density at radius 3 is 2.56 bits per heavy atom. The highest BCUT2D eigenvalue weighted by molar-refractivity contribution is 6.32. The second-order valence-corrected chi connectivity index (χ2v) is 7.70. The van der Waals surface area contributed by atoms with Crippen molar-refractivity contribution in [1.82, 2.24) is 20.0 Å². The Morgan fingerprint density at radius 2 is 1.88 bits per heavy atom. The number of aromatic nitrogens is 2. The molecule has 1 aliphatic rings. The molecule has 1 amide bonds. The molecule has 0 atom stereocenters. The number of nitro groups is 1. The minimum Gasteiger partial charge on any atom is -0.379 e. The quantitative estimate of drug-likeness (QED) is 0.433. The third-order valence-corrected chi connectivity index (χ3v) is 5.53. The Balaban J connectivity index is 1.59. The van der Waals surface area contributed by atoms with Gasteiger partial charge in [0.1, 0.15) is 5.69 Å². The zero-order chi connectivity index (χ0) is 22.5. The third kappa shape index (κ3) is 4.96. The number of hydrogen-bond acceptors (Lipinski definition) is 6. The van der Waals surface area contributed by atoms with Gasteiger partial charge >= 0.3 is 0 Å². The Labute approximate surface area is 189 Å². The highest BCUT2D eigenvalue weighted by Gasteiger charge is 2.20. The van der Waals surface area contributed by atoms with E-state index in [-0.39, 0.29) is 11.6 Å². The second-order valence-electron chi connectivity index (χ2n) is 7.29. The van der Waals surface area contributed by atoms with Gasteiger partial charge in [-0.05, 0) is 30.3 Å². The lowest BCUT2D eigenvalue weighted by Crippen LogP contribution is -2.41. The summed E-state index contributed by atoms with van der Waals surface area (Å²) in [6.45, 7) is 4.30. The number of morpholine rings is 1. The molecule has 1 saturated heterocycles. The SMILES string of the molecule is O=C(NCCN1CCOCC1)c1cc(-c2ccc([N+](=O)[O-])cc2)nn1-c1ccccc1Cl. The van der Waals surface area contributed by atoms with Gasteiger partial charge in [-0.1, -0.05) is 23.7 Å². The summed E-state index contributed by atoms with van der Waals surface area (Å²) >= 11 is 6.37. The fourth-order valence-electron chi connectivity index (χ4n) is 3.49. The van der Waals surface area contributed by atoms with Gasteiger partial charge in [0.15, 0.2) is 0 Å². The largest absolute Gasteiger partial charge is 0.379 e. The predicted molar refractivity (Wildman–Crippen MR) is 120 cm³/mol. The summed E-state index contributed by atoms with van der Waals surface area (Å²) in [5.41, 5.74) is 2.05. The van der Waals surface area contributed by atoms with Gasteiger partial charge in [-0.25, -0.2) is 4.68 Å². The van der Waals surface area contributed by atoms with Gasteiger partial charge < -0.3 is 10.1 Å². The first-order chi connectivity index (χ1) is 15.5. The molecule has 3 aromatic rings. The van der Waals surface area contributed by atoms with Gasteiger partial charge in [0, 0.05) is 43.9 Å². The van der Waals surface area contributed by atoms with Crippen LogP contribution in [0.5, 0.6) is 0 Å². The van der Waals surface area contributed by atoms with Crippen molar-refractivity contribution in [1.29, 1.82) is 0 Å². The molecule has 0 saturated carbocycles. The minimum atomic E-state index is -0.459. The fourth-order valence-corrected chi connectivity index (χ4v) is 3.70. The molecule has 166 valence electrons. The molecule has 10 heteroatoms. The van der Waals surface area contributed by atoms with Crippen LogP contribution in [0.1, 0.15) is 10.5 Å². The Bertz CT molecular complexity index is 1110. The van der Waals surface area contributed by atoms with Gasteiger partial charge in [-0.15, -0.1) is 0 Å². The molecule has 4 rings (SSSR count). The van der Waals surface area contributed by atoms with Crippen molar-refractivity contribution in [3.8, 4) is 16.9 Å². The van der Waals surface area contributed by atoms with E-state index in [9.17, 15) is 14.9 Å². The summed E-state index contributed by atoms with van der Waals surface area (Å²) in [6.07, 6.45) is 0. The molecule has 0 aliphatic carbocycles. The van der Waals surface area contributed by atoms with Crippen molar-refractivity contribution in [2.24, 2.45) is 0 Å². The lowest BCUT2D eigenvalue weighted by Gasteiger charge is -2.26. The van der Waals surface area contributed by atoms with Crippen LogP contribution in [0.4, 0.5) is 5.69 Å². The standard InChI is InChI=1S/C22H22ClN5O4/c23-18-3-1-2-4-20(18)27-21(22(29)24-9-10-26-11-13-32-14-12-26)15-19(25-27)16-5-7-17(8-6-16)28(30)31/h1-8,15H,9-14H2,(H,24,29).